The van der Waals surface area contributed by atoms with Gasteiger partial charge in [0.25, 0.3) is 0 Å². The van der Waals surface area contributed by atoms with Crippen LogP contribution in [-0.2, 0) is 9.59 Å². The summed E-state index contributed by atoms with van der Waals surface area (Å²) in [7, 11) is 0. The number of carboxylic acid groups (broad SMARTS) is 1. The molecule has 7 heteroatoms. The summed E-state index contributed by atoms with van der Waals surface area (Å²) in [4.78, 5) is 33.2. The third-order valence-corrected chi connectivity index (χ3v) is 3.33. The average Bonchev–Trinajstić information content (AvgIpc) is 2.33. The second-order valence-corrected chi connectivity index (χ2v) is 5.07. The van der Waals surface area contributed by atoms with E-state index in [1.54, 1.807) is 12.1 Å². The van der Waals surface area contributed by atoms with Crippen LogP contribution in [0.4, 0.5) is 10.5 Å². The van der Waals surface area contributed by atoms with Gasteiger partial charge in [-0.1, -0.05) is 22.0 Å². The van der Waals surface area contributed by atoms with Crippen LogP contribution in [0, 0.1) is 6.92 Å². The van der Waals surface area contributed by atoms with Crippen molar-refractivity contribution < 1.29 is 19.5 Å². The molecule has 0 atom stereocenters. The van der Waals surface area contributed by atoms with Crippen LogP contribution >= 0.6 is 15.9 Å². The Morgan fingerprint density at radius 2 is 1.95 bits per heavy atom. The zero-order valence-electron chi connectivity index (χ0n) is 10.9. The fraction of sp³-hybridized carbons (Fsp3) is 0.308. The van der Waals surface area contributed by atoms with Crippen LogP contribution in [0.1, 0.15) is 24.8 Å². The van der Waals surface area contributed by atoms with Crippen LogP contribution in [0.15, 0.2) is 22.7 Å². The number of hydrogen-bond acceptors (Lipinski definition) is 3. The summed E-state index contributed by atoms with van der Waals surface area (Å²) in [6, 6.07) is 4.63. The maximum atomic E-state index is 11.5. The number of rotatable bonds is 5. The largest absolute Gasteiger partial charge is 0.481 e. The van der Waals surface area contributed by atoms with E-state index in [0.29, 0.717) is 5.69 Å². The highest BCUT2D eigenvalue weighted by Gasteiger charge is 2.09. The first-order valence-electron chi connectivity index (χ1n) is 5.97. The quantitative estimate of drug-likeness (QED) is 0.766. The summed E-state index contributed by atoms with van der Waals surface area (Å²) in [6.07, 6.45) is 0.0990. The zero-order valence-corrected chi connectivity index (χ0v) is 12.5. The van der Waals surface area contributed by atoms with E-state index < -0.39 is 17.9 Å². The number of urea groups is 1. The molecule has 20 heavy (non-hydrogen) atoms. The minimum Gasteiger partial charge on any atom is -0.481 e. The summed E-state index contributed by atoms with van der Waals surface area (Å²) in [5.74, 6) is -1.47. The molecule has 0 unspecified atom stereocenters. The Bertz CT molecular complexity index is 531. The second-order valence-electron chi connectivity index (χ2n) is 4.21. The molecule has 3 amide bonds. The summed E-state index contributed by atoms with van der Waals surface area (Å²) in [6.45, 7) is 1.92. The van der Waals surface area contributed by atoms with E-state index in [4.69, 9.17) is 5.11 Å². The highest BCUT2D eigenvalue weighted by molar-refractivity contribution is 9.10. The average molecular weight is 343 g/mol. The molecule has 0 saturated carbocycles. The van der Waals surface area contributed by atoms with Crippen LogP contribution < -0.4 is 10.6 Å². The molecule has 0 fully saturated rings. The number of amides is 3. The van der Waals surface area contributed by atoms with Crippen molar-refractivity contribution in [1.82, 2.24) is 5.32 Å². The van der Waals surface area contributed by atoms with E-state index in [1.165, 1.54) is 0 Å². The molecular formula is C13H15BrN2O4. The molecule has 0 aliphatic rings. The highest BCUT2D eigenvalue weighted by Crippen LogP contribution is 2.20. The number of aliphatic carboxylic acids is 1. The van der Waals surface area contributed by atoms with Gasteiger partial charge >= 0.3 is 12.0 Å². The SMILES string of the molecule is Cc1ccc(NC(=O)NC(=O)CCCC(=O)O)cc1Br. The number of aryl methyl sites for hydroxylation is 1. The molecule has 6 nitrogen and oxygen atoms in total. The molecule has 1 aromatic rings. The molecule has 0 aliphatic heterocycles. The molecule has 3 N–H and O–H groups in total. The number of nitrogens with one attached hydrogen (secondary N) is 2. The van der Waals surface area contributed by atoms with Gasteiger partial charge in [0.05, 0.1) is 0 Å². The zero-order chi connectivity index (χ0) is 15.1. The molecule has 0 radical (unpaired) electrons. The van der Waals surface area contributed by atoms with E-state index in [1.807, 2.05) is 13.0 Å². The molecule has 1 aromatic carbocycles. The van der Waals surface area contributed by atoms with Gasteiger partial charge in [0.15, 0.2) is 0 Å². The lowest BCUT2D eigenvalue weighted by atomic mass is 10.2. The van der Waals surface area contributed by atoms with Gasteiger partial charge in [-0.15, -0.1) is 0 Å². The van der Waals surface area contributed by atoms with Crippen molar-refractivity contribution >= 4 is 39.5 Å². The smallest absolute Gasteiger partial charge is 0.325 e. The molecule has 108 valence electrons. The highest BCUT2D eigenvalue weighted by atomic mass is 79.9. The fourth-order valence-electron chi connectivity index (χ4n) is 1.42. The van der Waals surface area contributed by atoms with Gasteiger partial charge in [0, 0.05) is 23.0 Å². The number of carbonyl (C=O) groups is 3. The Hall–Kier alpha value is -1.89. The first-order valence-corrected chi connectivity index (χ1v) is 6.76. The third-order valence-electron chi connectivity index (χ3n) is 2.48. The predicted octanol–water partition coefficient (Wildman–Crippen LogP) is 2.66. The Morgan fingerprint density at radius 3 is 2.55 bits per heavy atom. The summed E-state index contributed by atoms with van der Waals surface area (Å²) < 4.78 is 0.850. The molecule has 0 spiro atoms. The number of imide groups is 1. The van der Waals surface area contributed by atoms with E-state index >= 15 is 0 Å². The Kier molecular flexibility index (Phi) is 6.17. The Morgan fingerprint density at radius 1 is 1.25 bits per heavy atom. The lowest BCUT2D eigenvalue weighted by Gasteiger charge is -2.07. The molecule has 0 heterocycles. The Balaban J connectivity index is 2.41. The third kappa shape index (κ3) is 5.83. The number of hydrogen-bond donors (Lipinski definition) is 3. The maximum absolute atomic E-state index is 11.5. The van der Waals surface area contributed by atoms with Crippen LogP contribution in [0.3, 0.4) is 0 Å². The first-order chi connectivity index (χ1) is 9.38. The molecule has 0 aromatic heterocycles. The van der Waals surface area contributed by atoms with Gasteiger partial charge in [-0.2, -0.15) is 0 Å². The second kappa shape index (κ2) is 7.64. The molecule has 0 saturated heterocycles. The van der Waals surface area contributed by atoms with Crippen molar-refractivity contribution in [3.63, 3.8) is 0 Å². The predicted molar refractivity (Wildman–Crippen MR) is 77.5 cm³/mol. The molecule has 1 rings (SSSR count). The van der Waals surface area contributed by atoms with Crippen molar-refractivity contribution in [3.8, 4) is 0 Å². The first kappa shape index (κ1) is 16.2. The number of anilines is 1. The number of benzene rings is 1. The van der Waals surface area contributed by atoms with Gasteiger partial charge in [-0.25, -0.2) is 4.79 Å². The topological polar surface area (TPSA) is 95.5 Å². The van der Waals surface area contributed by atoms with E-state index in [0.717, 1.165) is 10.0 Å². The van der Waals surface area contributed by atoms with Crippen LogP contribution in [0.2, 0.25) is 0 Å². The number of carboxylic acids is 1. The summed E-state index contributed by atoms with van der Waals surface area (Å²) in [5, 5.41) is 13.1. The minimum atomic E-state index is -0.966. The van der Waals surface area contributed by atoms with Gasteiger partial charge in [0.2, 0.25) is 5.91 Å². The van der Waals surface area contributed by atoms with Gasteiger partial charge in [0.1, 0.15) is 0 Å². The van der Waals surface area contributed by atoms with Gasteiger partial charge in [-0.3, -0.25) is 14.9 Å². The van der Waals surface area contributed by atoms with E-state index in [-0.39, 0.29) is 19.3 Å². The van der Waals surface area contributed by atoms with Crippen molar-refractivity contribution in [2.24, 2.45) is 0 Å². The van der Waals surface area contributed by atoms with Crippen molar-refractivity contribution in [1.29, 1.82) is 0 Å². The van der Waals surface area contributed by atoms with E-state index in [2.05, 4.69) is 26.6 Å². The molecule has 0 aliphatic carbocycles. The van der Waals surface area contributed by atoms with Gasteiger partial charge < -0.3 is 10.4 Å². The van der Waals surface area contributed by atoms with Crippen molar-refractivity contribution in [3.05, 3.63) is 28.2 Å². The van der Waals surface area contributed by atoms with Gasteiger partial charge in [-0.05, 0) is 31.0 Å². The monoisotopic (exact) mass is 342 g/mol. The number of halogens is 1. The van der Waals surface area contributed by atoms with Crippen LogP contribution in [-0.4, -0.2) is 23.0 Å². The standard InChI is InChI=1S/C13H15BrN2O4/c1-8-5-6-9(7-10(8)14)15-13(20)16-11(17)3-2-4-12(18)19/h5-7H,2-4H2,1H3,(H,18,19)(H2,15,16,17,20). The number of carbonyl (C=O) groups excluding carboxylic acids is 2. The minimum absolute atomic E-state index is 0.00267. The maximum Gasteiger partial charge on any atom is 0.325 e. The summed E-state index contributed by atoms with van der Waals surface area (Å²) >= 11 is 3.34. The van der Waals surface area contributed by atoms with Crippen molar-refractivity contribution in [2.75, 3.05) is 5.32 Å². The molecular weight excluding hydrogens is 328 g/mol. The lowest BCUT2D eigenvalue weighted by molar-refractivity contribution is -0.137. The molecule has 0 bridgehead atoms. The van der Waals surface area contributed by atoms with E-state index in [9.17, 15) is 14.4 Å². The Labute approximate surface area is 124 Å². The lowest BCUT2D eigenvalue weighted by Crippen LogP contribution is -2.34. The fourth-order valence-corrected chi connectivity index (χ4v) is 1.80. The van der Waals surface area contributed by atoms with Crippen LogP contribution in [0.5, 0.6) is 0 Å². The summed E-state index contributed by atoms with van der Waals surface area (Å²) in [5.41, 5.74) is 1.58. The normalized spacial score (nSPS) is 9.90. The van der Waals surface area contributed by atoms with Crippen molar-refractivity contribution in [2.45, 2.75) is 26.2 Å². The van der Waals surface area contributed by atoms with Crippen LogP contribution in [0.25, 0.3) is 0 Å².